The van der Waals surface area contributed by atoms with E-state index in [0.29, 0.717) is 25.9 Å². The Morgan fingerprint density at radius 3 is 2.26 bits per heavy atom. The van der Waals surface area contributed by atoms with Crippen LogP contribution in [0.2, 0.25) is 0 Å². The summed E-state index contributed by atoms with van der Waals surface area (Å²) in [5.74, 6) is -0.847. The number of esters is 2. The molecule has 8 nitrogen and oxygen atoms in total. The van der Waals surface area contributed by atoms with Crippen molar-refractivity contribution in [3.63, 3.8) is 0 Å². The number of carboxylic acid groups (broad SMARTS) is 1. The highest BCUT2D eigenvalue weighted by molar-refractivity contribution is 5.93. The fourth-order valence-electron chi connectivity index (χ4n) is 5.83. The molecule has 1 heterocycles. The average Bonchev–Trinajstić information content (AvgIpc) is 3.00. The van der Waals surface area contributed by atoms with Crippen LogP contribution in [-0.4, -0.2) is 54.6 Å². The second kappa shape index (κ2) is 12.5. The molecular weight excluding hydrogens is 534 g/mol. The molecule has 1 amide bonds. The zero-order chi connectivity index (χ0) is 29.7. The molecule has 5 rings (SSSR count). The number of rotatable bonds is 8. The molecule has 1 saturated heterocycles. The number of amides is 1. The Bertz CT molecular complexity index is 1600. The first-order chi connectivity index (χ1) is 20.3. The maximum absolute atomic E-state index is 12.6. The number of carbonyl (C=O) groups is 3. The van der Waals surface area contributed by atoms with Gasteiger partial charge in [0.05, 0.1) is 13.7 Å². The van der Waals surface area contributed by atoms with E-state index >= 15 is 0 Å². The maximum atomic E-state index is 12.6. The van der Waals surface area contributed by atoms with Crippen molar-refractivity contribution in [3.05, 3.63) is 113 Å². The number of hydroxylamine groups is 3. The molecule has 8 heteroatoms. The molecule has 216 valence electrons. The Kier molecular flexibility index (Phi) is 8.66. The predicted molar refractivity (Wildman–Crippen MR) is 157 cm³/mol. The van der Waals surface area contributed by atoms with E-state index in [4.69, 9.17) is 14.3 Å². The molecule has 4 aromatic rings. The molecular formula is C34H34NO7+. The Balaban J connectivity index is 1.31. The molecule has 1 N–H and O–H groups in total. The summed E-state index contributed by atoms with van der Waals surface area (Å²) in [7, 11) is 1.46. The molecule has 0 aromatic heterocycles. The van der Waals surface area contributed by atoms with Crippen LogP contribution in [0, 0.1) is 0 Å². The largest absolute Gasteiger partial charge is 0.547 e. The first-order valence-corrected chi connectivity index (χ1v) is 14.0. The van der Waals surface area contributed by atoms with Crippen LogP contribution in [0.1, 0.15) is 52.2 Å². The van der Waals surface area contributed by atoms with Crippen LogP contribution >= 0.6 is 0 Å². The summed E-state index contributed by atoms with van der Waals surface area (Å²) in [6.45, 7) is 2.14. The third kappa shape index (κ3) is 6.20. The highest BCUT2D eigenvalue weighted by atomic mass is 16.7. The van der Waals surface area contributed by atoms with Gasteiger partial charge in [0.25, 0.3) is 0 Å². The smallest absolute Gasteiger partial charge is 0.462 e. The normalized spacial score (nSPS) is 20.1. The van der Waals surface area contributed by atoms with Gasteiger partial charge < -0.3 is 14.6 Å². The number of carbonyl (C=O) groups excluding carboxylic acids is 2. The van der Waals surface area contributed by atoms with Gasteiger partial charge in [-0.3, -0.25) is 4.79 Å². The lowest BCUT2D eigenvalue weighted by Crippen LogP contribution is -2.57. The van der Waals surface area contributed by atoms with Crippen LogP contribution in [0.3, 0.4) is 0 Å². The molecule has 42 heavy (non-hydrogen) atoms. The van der Waals surface area contributed by atoms with Crippen molar-refractivity contribution in [1.82, 2.24) is 0 Å². The van der Waals surface area contributed by atoms with Gasteiger partial charge in [0.15, 0.2) is 0 Å². The van der Waals surface area contributed by atoms with Crippen molar-refractivity contribution < 1.29 is 38.4 Å². The second-order valence-electron chi connectivity index (χ2n) is 10.6. The number of nitrogens with zero attached hydrogens (tertiary/aromatic N) is 1. The van der Waals surface area contributed by atoms with Crippen LogP contribution in [0.4, 0.5) is 4.79 Å². The monoisotopic (exact) mass is 568 g/mol. The number of likely N-dealkylation sites (tertiary alicyclic amines) is 1. The van der Waals surface area contributed by atoms with Gasteiger partial charge in [-0.1, -0.05) is 83.5 Å². The van der Waals surface area contributed by atoms with E-state index in [1.165, 1.54) is 14.0 Å². The highest BCUT2D eigenvalue weighted by Gasteiger charge is 2.48. The number of hydrogen-bond donors (Lipinski definition) is 1. The van der Waals surface area contributed by atoms with Gasteiger partial charge in [-0.05, 0) is 39.6 Å². The van der Waals surface area contributed by atoms with Crippen molar-refractivity contribution in [3.8, 4) is 5.75 Å². The van der Waals surface area contributed by atoms with Crippen molar-refractivity contribution in [1.29, 1.82) is 0 Å². The third-order valence-corrected chi connectivity index (χ3v) is 8.07. The Morgan fingerprint density at radius 2 is 1.55 bits per heavy atom. The number of quaternary nitrogens is 1. The number of hydrogen-bond acceptors (Lipinski definition) is 6. The topological polar surface area (TPSA) is 99.1 Å². The molecule has 1 aliphatic rings. The van der Waals surface area contributed by atoms with E-state index in [2.05, 4.69) is 42.5 Å². The Hall–Kier alpha value is -4.53. The highest BCUT2D eigenvalue weighted by Crippen LogP contribution is 2.43. The van der Waals surface area contributed by atoms with Gasteiger partial charge in [-0.25, -0.2) is 4.79 Å². The molecule has 3 atom stereocenters. The van der Waals surface area contributed by atoms with Crippen LogP contribution in [-0.2, 0) is 20.8 Å². The summed E-state index contributed by atoms with van der Waals surface area (Å²) in [6, 6.07) is 29.2. The number of fused-ring (bicyclic) bond motifs is 1. The number of benzene rings is 4. The molecule has 0 radical (unpaired) electrons. The van der Waals surface area contributed by atoms with Crippen LogP contribution in [0.5, 0.6) is 5.75 Å². The van der Waals surface area contributed by atoms with E-state index in [9.17, 15) is 19.5 Å². The standard InChI is InChI=1S/C34H33NO7/c1-23(36)42-32-10-6-5-9-30(32)33(37)41-20-18-24-11-13-26(14-12-24)29-17-19-35(40-2,34(38)39)22-31(29)28-16-15-25-7-3-4-8-27(25)21-28/h3-16,21,29,31H,17-20,22H2,1-2H3/p+1. The molecule has 0 aliphatic carbocycles. The summed E-state index contributed by atoms with van der Waals surface area (Å²) >= 11 is 0. The zero-order valence-corrected chi connectivity index (χ0v) is 23.7. The fraction of sp³-hybridized carbons (Fsp3) is 0.265. The quantitative estimate of drug-likeness (QED) is 0.147. The van der Waals surface area contributed by atoms with Crippen molar-refractivity contribution in [2.24, 2.45) is 0 Å². The van der Waals surface area contributed by atoms with Gasteiger partial charge >= 0.3 is 18.0 Å². The van der Waals surface area contributed by atoms with Crippen LogP contribution in [0.15, 0.2) is 91.0 Å². The van der Waals surface area contributed by atoms with Crippen molar-refractivity contribution in [2.75, 3.05) is 26.8 Å². The van der Waals surface area contributed by atoms with E-state index < -0.39 is 22.7 Å². The Morgan fingerprint density at radius 1 is 0.857 bits per heavy atom. The van der Waals surface area contributed by atoms with Crippen LogP contribution < -0.4 is 4.74 Å². The van der Waals surface area contributed by atoms with Gasteiger partial charge in [0.1, 0.15) is 24.4 Å². The zero-order valence-electron chi connectivity index (χ0n) is 23.7. The van der Waals surface area contributed by atoms with E-state index in [1.807, 2.05) is 24.3 Å². The number of ether oxygens (including phenoxy) is 2. The minimum atomic E-state index is -0.984. The molecule has 1 aliphatic heterocycles. The molecule has 0 spiro atoms. The first kappa shape index (κ1) is 29.0. The third-order valence-electron chi connectivity index (χ3n) is 8.07. The summed E-state index contributed by atoms with van der Waals surface area (Å²) < 4.78 is 10.1. The number of para-hydroxylation sites is 1. The summed E-state index contributed by atoms with van der Waals surface area (Å²) in [6.07, 6.45) is 0.182. The minimum Gasteiger partial charge on any atom is -0.462 e. The molecule has 0 bridgehead atoms. The van der Waals surface area contributed by atoms with Gasteiger partial charge in [-0.15, -0.1) is 0 Å². The second-order valence-corrected chi connectivity index (χ2v) is 10.6. The van der Waals surface area contributed by atoms with Gasteiger partial charge in [-0.2, -0.15) is 9.63 Å². The molecule has 4 aromatic carbocycles. The SMILES string of the molecule is CO[N+]1(C(=O)O)CCC(c2ccc(CCOC(=O)c3ccccc3OC(C)=O)cc2)C(c2ccc3ccccc3c2)C1. The lowest BCUT2D eigenvalue weighted by molar-refractivity contribution is -1.05. The molecule has 3 unspecified atom stereocenters. The Labute approximate surface area is 244 Å². The summed E-state index contributed by atoms with van der Waals surface area (Å²) in [5, 5.41) is 12.3. The molecule has 0 saturated carbocycles. The van der Waals surface area contributed by atoms with E-state index in [-0.39, 0.29) is 29.8 Å². The van der Waals surface area contributed by atoms with Gasteiger partial charge in [0, 0.05) is 31.6 Å². The summed E-state index contributed by atoms with van der Waals surface area (Å²) in [4.78, 5) is 41.8. The van der Waals surface area contributed by atoms with Crippen molar-refractivity contribution >= 4 is 28.8 Å². The van der Waals surface area contributed by atoms with Crippen molar-refractivity contribution in [2.45, 2.75) is 31.6 Å². The minimum absolute atomic E-state index is 0.0662. The van der Waals surface area contributed by atoms with Crippen LogP contribution in [0.25, 0.3) is 10.8 Å². The van der Waals surface area contributed by atoms with Gasteiger partial charge in [0.2, 0.25) is 0 Å². The lowest BCUT2D eigenvalue weighted by Gasteiger charge is -2.40. The van der Waals surface area contributed by atoms with E-state index in [1.54, 1.807) is 24.3 Å². The van der Waals surface area contributed by atoms with E-state index in [0.717, 1.165) is 27.5 Å². The summed E-state index contributed by atoms with van der Waals surface area (Å²) in [5.41, 5.74) is 3.42. The first-order valence-electron chi connectivity index (χ1n) is 14.0. The predicted octanol–water partition coefficient (Wildman–Crippen LogP) is 6.49. The molecule has 1 fully saturated rings. The average molecular weight is 569 g/mol. The number of piperidine rings is 1. The fourth-order valence-corrected chi connectivity index (χ4v) is 5.83. The maximum Gasteiger partial charge on any atom is 0.547 e. The lowest BCUT2D eigenvalue weighted by atomic mass is 9.76.